The lowest BCUT2D eigenvalue weighted by Crippen LogP contribution is -2.45. The first-order valence-electron chi connectivity index (χ1n) is 6.37. The summed E-state index contributed by atoms with van der Waals surface area (Å²) in [6.07, 6.45) is 0.649. The van der Waals surface area contributed by atoms with Crippen LogP contribution in [0.3, 0.4) is 0 Å². The van der Waals surface area contributed by atoms with E-state index >= 15 is 0 Å². The molecule has 0 fully saturated rings. The van der Waals surface area contributed by atoms with Gasteiger partial charge in [-0.3, -0.25) is 4.79 Å². The maximum atomic E-state index is 12.2. The number of carboxylic acids is 1. The number of carbonyl (C=O) groups is 2. The molecular formula is C14H20N2O4. The monoisotopic (exact) mass is 280 g/mol. The molecule has 0 unspecified atom stereocenters. The molecule has 110 valence electrons. The summed E-state index contributed by atoms with van der Waals surface area (Å²) in [6, 6.07) is 3.67. The van der Waals surface area contributed by atoms with Gasteiger partial charge in [0, 0.05) is 11.8 Å². The zero-order valence-corrected chi connectivity index (χ0v) is 11.8. The third-order valence-electron chi connectivity index (χ3n) is 3.24. The molecule has 2 atom stereocenters. The summed E-state index contributed by atoms with van der Waals surface area (Å²) in [5.74, 6) is -1.40. The van der Waals surface area contributed by atoms with Gasteiger partial charge in [0.05, 0.1) is 12.7 Å². The van der Waals surface area contributed by atoms with Crippen LogP contribution >= 0.6 is 0 Å². The van der Waals surface area contributed by atoms with E-state index in [1.54, 1.807) is 13.0 Å². The van der Waals surface area contributed by atoms with Crippen LogP contribution in [0.2, 0.25) is 0 Å². The van der Waals surface area contributed by atoms with Gasteiger partial charge in [0.25, 0.3) is 5.91 Å². The Labute approximate surface area is 117 Å². The molecule has 4 N–H and O–H groups in total. The number of carbonyl (C=O) groups excluding carboxylic acids is 1. The molecule has 0 saturated heterocycles. The van der Waals surface area contributed by atoms with E-state index in [1.807, 2.05) is 6.92 Å². The molecule has 0 heterocycles. The number of carboxylic acid groups (broad SMARTS) is 1. The average Bonchev–Trinajstić information content (AvgIpc) is 2.42. The average molecular weight is 280 g/mol. The van der Waals surface area contributed by atoms with Crippen molar-refractivity contribution >= 4 is 17.6 Å². The maximum absolute atomic E-state index is 12.2. The number of nitrogen functional groups attached to an aromatic ring is 1. The van der Waals surface area contributed by atoms with Crippen LogP contribution in [0, 0.1) is 5.92 Å². The summed E-state index contributed by atoms with van der Waals surface area (Å²) in [7, 11) is 1.43. The Kier molecular flexibility index (Phi) is 5.37. The van der Waals surface area contributed by atoms with Gasteiger partial charge in [-0.25, -0.2) is 4.79 Å². The summed E-state index contributed by atoms with van der Waals surface area (Å²) in [5, 5.41) is 11.7. The summed E-state index contributed by atoms with van der Waals surface area (Å²) in [4.78, 5) is 23.4. The fourth-order valence-corrected chi connectivity index (χ4v) is 1.80. The standard InChI is InChI=1S/C14H20N2O4/c1-4-8(2)12(14(18)19)16-13(17)10-6-5-9(15)7-11(10)20-3/h5-8,12H,4,15H2,1-3H3,(H,16,17)(H,18,19)/t8-,12-/m0/s1. The molecule has 1 aromatic carbocycles. The zero-order valence-electron chi connectivity index (χ0n) is 11.8. The minimum Gasteiger partial charge on any atom is -0.496 e. The molecule has 6 heteroatoms. The van der Waals surface area contributed by atoms with Gasteiger partial charge in [0.15, 0.2) is 0 Å². The second kappa shape index (κ2) is 6.79. The van der Waals surface area contributed by atoms with Crippen LogP contribution < -0.4 is 15.8 Å². The highest BCUT2D eigenvalue weighted by Crippen LogP contribution is 2.22. The minimum absolute atomic E-state index is 0.170. The second-order valence-electron chi connectivity index (χ2n) is 4.63. The molecule has 0 radical (unpaired) electrons. The van der Waals surface area contributed by atoms with Crippen LogP contribution in [0.25, 0.3) is 0 Å². The Hall–Kier alpha value is -2.24. The van der Waals surface area contributed by atoms with E-state index in [-0.39, 0.29) is 11.5 Å². The highest BCUT2D eigenvalue weighted by atomic mass is 16.5. The van der Waals surface area contributed by atoms with E-state index in [9.17, 15) is 14.7 Å². The van der Waals surface area contributed by atoms with Crippen LogP contribution in [0.4, 0.5) is 5.69 Å². The van der Waals surface area contributed by atoms with Crippen LogP contribution in [-0.4, -0.2) is 30.1 Å². The second-order valence-corrected chi connectivity index (χ2v) is 4.63. The first-order chi connectivity index (χ1) is 9.40. The number of hydrogen-bond donors (Lipinski definition) is 3. The van der Waals surface area contributed by atoms with E-state index in [1.165, 1.54) is 19.2 Å². The third kappa shape index (κ3) is 3.63. The molecule has 20 heavy (non-hydrogen) atoms. The van der Waals surface area contributed by atoms with E-state index in [4.69, 9.17) is 10.5 Å². The normalized spacial score (nSPS) is 13.3. The number of aliphatic carboxylic acids is 1. The van der Waals surface area contributed by atoms with Gasteiger partial charge in [0.2, 0.25) is 0 Å². The van der Waals surface area contributed by atoms with Crippen LogP contribution in [0.5, 0.6) is 5.75 Å². The molecule has 1 aromatic rings. The third-order valence-corrected chi connectivity index (χ3v) is 3.24. The Bertz CT molecular complexity index is 502. The smallest absolute Gasteiger partial charge is 0.326 e. The van der Waals surface area contributed by atoms with Crippen molar-refractivity contribution in [3.05, 3.63) is 23.8 Å². The lowest BCUT2D eigenvalue weighted by Gasteiger charge is -2.20. The van der Waals surface area contributed by atoms with Gasteiger partial charge < -0.3 is 20.9 Å². The Morgan fingerprint density at radius 3 is 2.60 bits per heavy atom. The molecule has 0 aliphatic heterocycles. The molecular weight excluding hydrogens is 260 g/mol. The van der Waals surface area contributed by atoms with Crippen molar-refractivity contribution in [3.63, 3.8) is 0 Å². The predicted octanol–water partition coefficient (Wildman–Crippen LogP) is 1.51. The van der Waals surface area contributed by atoms with Gasteiger partial charge >= 0.3 is 5.97 Å². The van der Waals surface area contributed by atoms with Crippen molar-refractivity contribution in [2.75, 3.05) is 12.8 Å². The largest absolute Gasteiger partial charge is 0.496 e. The molecule has 6 nitrogen and oxygen atoms in total. The minimum atomic E-state index is -1.05. The fraction of sp³-hybridized carbons (Fsp3) is 0.429. The molecule has 1 rings (SSSR count). The summed E-state index contributed by atoms with van der Waals surface area (Å²) >= 11 is 0. The van der Waals surface area contributed by atoms with Gasteiger partial charge in [-0.1, -0.05) is 20.3 Å². The van der Waals surface area contributed by atoms with Gasteiger partial charge in [-0.15, -0.1) is 0 Å². The maximum Gasteiger partial charge on any atom is 0.326 e. The van der Waals surface area contributed by atoms with Crippen molar-refractivity contribution in [1.29, 1.82) is 0 Å². The van der Waals surface area contributed by atoms with Crippen molar-refractivity contribution in [2.24, 2.45) is 5.92 Å². The fourth-order valence-electron chi connectivity index (χ4n) is 1.80. The van der Waals surface area contributed by atoms with E-state index in [0.717, 1.165) is 0 Å². The number of nitrogens with one attached hydrogen (secondary N) is 1. The van der Waals surface area contributed by atoms with E-state index < -0.39 is 17.9 Å². The molecule has 0 aliphatic carbocycles. The molecule has 0 bridgehead atoms. The number of amides is 1. The highest BCUT2D eigenvalue weighted by molar-refractivity contribution is 5.99. The molecule has 0 aliphatic rings. The quantitative estimate of drug-likeness (QED) is 0.685. The Morgan fingerprint density at radius 2 is 2.10 bits per heavy atom. The lowest BCUT2D eigenvalue weighted by molar-refractivity contribution is -0.140. The van der Waals surface area contributed by atoms with Crippen LogP contribution in [-0.2, 0) is 4.79 Å². The predicted molar refractivity (Wildman–Crippen MR) is 75.8 cm³/mol. The summed E-state index contributed by atoms with van der Waals surface area (Å²) in [5.41, 5.74) is 6.34. The Balaban J connectivity index is 2.97. The molecule has 0 saturated carbocycles. The van der Waals surface area contributed by atoms with Crippen LogP contribution in [0.1, 0.15) is 30.6 Å². The highest BCUT2D eigenvalue weighted by Gasteiger charge is 2.26. The number of rotatable bonds is 6. The van der Waals surface area contributed by atoms with Crippen molar-refractivity contribution in [2.45, 2.75) is 26.3 Å². The molecule has 0 spiro atoms. The lowest BCUT2D eigenvalue weighted by atomic mass is 9.99. The number of ether oxygens (including phenoxy) is 1. The van der Waals surface area contributed by atoms with Crippen molar-refractivity contribution < 1.29 is 19.4 Å². The number of anilines is 1. The molecule has 0 aromatic heterocycles. The molecule has 1 amide bonds. The van der Waals surface area contributed by atoms with Gasteiger partial charge in [-0.2, -0.15) is 0 Å². The van der Waals surface area contributed by atoms with E-state index in [0.29, 0.717) is 17.9 Å². The number of hydrogen-bond acceptors (Lipinski definition) is 4. The Morgan fingerprint density at radius 1 is 1.45 bits per heavy atom. The summed E-state index contributed by atoms with van der Waals surface area (Å²) in [6.45, 7) is 3.65. The number of methoxy groups -OCH3 is 1. The van der Waals surface area contributed by atoms with Crippen molar-refractivity contribution in [1.82, 2.24) is 5.32 Å². The number of benzene rings is 1. The van der Waals surface area contributed by atoms with Gasteiger partial charge in [0.1, 0.15) is 11.8 Å². The zero-order chi connectivity index (χ0) is 15.3. The topological polar surface area (TPSA) is 102 Å². The van der Waals surface area contributed by atoms with Crippen molar-refractivity contribution in [3.8, 4) is 5.75 Å². The SMILES string of the molecule is CC[C@H](C)[C@H](NC(=O)c1ccc(N)cc1OC)C(=O)O. The number of nitrogens with two attached hydrogens (primary N) is 1. The van der Waals surface area contributed by atoms with Crippen LogP contribution in [0.15, 0.2) is 18.2 Å². The van der Waals surface area contributed by atoms with Gasteiger partial charge in [-0.05, 0) is 18.1 Å². The first-order valence-corrected chi connectivity index (χ1v) is 6.37. The summed E-state index contributed by atoms with van der Waals surface area (Å²) < 4.78 is 5.09. The van der Waals surface area contributed by atoms with E-state index in [2.05, 4.69) is 5.32 Å². The first kappa shape index (κ1) is 15.8.